The summed E-state index contributed by atoms with van der Waals surface area (Å²) < 4.78 is 0. The highest BCUT2D eigenvalue weighted by molar-refractivity contribution is 5.72. The quantitative estimate of drug-likeness (QED) is 0.642. The van der Waals surface area contributed by atoms with Crippen molar-refractivity contribution in [1.82, 2.24) is 0 Å². The summed E-state index contributed by atoms with van der Waals surface area (Å²) in [6, 6.07) is 0. The van der Waals surface area contributed by atoms with Gasteiger partial charge in [0.25, 0.3) is 0 Å². The highest BCUT2D eigenvalue weighted by atomic mass is 16.4. The third kappa shape index (κ3) is 1.79. The molecule has 12 heavy (non-hydrogen) atoms. The van der Waals surface area contributed by atoms with Gasteiger partial charge in [-0.05, 0) is 19.3 Å². The van der Waals surface area contributed by atoms with Crippen LogP contribution in [0.3, 0.4) is 0 Å². The van der Waals surface area contributed by atoms with Crippen LogP contribution in [-0.4, -0.2) is 5.97 Å². The first-order chi connectivity index (χ1) is 5.71. The molecule has 0 aromatic carbocycles. The summed E-state index contributed by atoms with van der Waals surface area (Å²) in [5.74, 6) is -0.816. The molecule has 0 spiro atoms. The first-order valence-corrected chi connectivity index (χ1v) is 4.93. The van der Waals surface area contributed by atoms with E-state index < -0.39 is 11.4 Å². The molecule has 0 radical (unpaired) electrons. The fourth-order valence-electron chi connectivity index (χ4n) is 2.26. The Morgan fingerprint density at radius 3 is 2.33 bits per heavy atom. The molecule has 0 saturated heterocycles. The van der Waals surface area contributed by atoms with Gasteiger partial charge in [-0.3, -0.25) is 0 Å². The Morgan fingerprint density at radius 1 is 1.33 bits per heavy atom. The lowest BCUT2D eigenvalue weighted by molar-refractivity contribution is -0.321. The molecule has 0 aromatic heterocycles. The molecule has 0 aliphatic heterocycles. The van der Waals surface area contributed by atoms with Crippen LogP contribution in [0.25, 0.3) is 0 Å². The third-order valence-corrected chi connectivity index (χ3v) is 2.97. The van der Waals surface area contributed by atoms with E-state index in [0.717, 1.165) is 38.5 Å². The summed E-state index contributed by atoms with van der Waals surface area (Å²) in [6.45, 7) is 2.04. The lowest BCUT2D eigenvalue weighted by Crippen LogP contribution is -2.43. The first kappa shape index (κ1) is 9.56. The van der Waals surface area contributed by atoms with E-state index in [4.69, 9.17) is 0 Å². The van der Waals surface area contributed by atoms with Crippen molar-refractivity contribution in [3.63, 3.8) is 0 Å². The number of carboxylic acids is 1. The second-order valence-electron chi connectivity index (χ2n) is 3.88. The van der Waals surface area contributed by atoms with Crippen molar-refractivity contribution in [3.05, 3.63) is 0 Å². The zero-order valence-corrected chi connectivity index (χ0v) is 7.77. The number of carbonyl (C=O) groups excluding carboxylic acids is 1. The van der Waals surface area contributed by atoms with Crippen molar-refractivity contribution in [1.29, 1.82) is 0 Å². The molecular weight excluding hydrogens is 152 g/mol. The highest BCUT2D eigenvalue weighted by Crippen LogP contribution is 2.39. The smallest absolute Gasteiger partial charge is 0.0476 e. The predicted octanol–water partition coefficient (Wildman–Crippen LogP) is 1.49. The summed E-state index contributed by atoms with van der Waals surface area (Å²) in [7, 11) is 0. The molecule has 2 nitrogen and oxygen atoms in total. The van der Waals surface area contributed by atoms with Crippen LogP contribution >= 0.6 is 0 Å². The summed E-state index contributed by atoms with van der Waals surface area (Å²) in [6.07, 6.45) is 6.75. The van der Waals surface area contributed by atoms with E-state index in [1.165, 1.54) is 6.42 Å². The molecule has 70 valence electrons. The molecule has 0 heterocycles. The molecule has 0 atom stereocenters. The van der Waals surface area contributed by atoms with Crippen molar-refractivity contribution in [3.8, 4) is 0 Å². The third-order valence-electron chi connectivity index (χ3n) is 2.97. The average molecular weight is 169 g/mol. The number of aliphatic carboxylic acids is 1. The number of carbonyl (C=O) groups is 1. The van der Waals surface area contributed by atoms with Gasteiger partial charge in [-0.25, -0.2) is 0 Å². The van der Waals surface area contributed by atoms with Gasteiger partial charge >= 0.3 is 0 Å². The number of hydrogen-bond acceptors (Lipinski definition) is 2. The van der Waals surface area contributed by atoms with Crippen molar-refractivity contribution in [2.75, 3.05) is 0 Å². The van der Waals surface area contributed by atoms with E-state index in [9.17, 15) is 9.90 Å². The maximum Gasteiger partial charge on any atom is 0.0476 e. The molecule has 0 amide bonds. The van der Waals surface area contributed by atoms with Crippen molar-refractivity contribution in [2.45, 2.75) is 51.9 Å². The number of rotatable bonds is 3. The van der Waals surface area contributed by atoms with Gasteiger partial charge in [-0.1, -0.05) is 32.6 Å². The van der Waals surface area contributed by atoms with Crippen molar-refractivity contribution >= 4 is 5.97 Å². The molecule has 1 rings (SSSR count). The molecule has 1 aliphatic carbocycles. The van der Waals surface area contributed by atoms with Gasteiger partial charge in [0.1, 0.15) is 0 Å². The van der Waals surface area contributed by atoms with Crippen LogP contribution in [0.15, 0.2) is 0 Å². The molecule has 0 N–H and O–H groups in total. The van der Waals surface area contributed by atoms with Gasteiger partial charge in [-0.2, -0.15) is 0 Å². The van der Waals surface area contributed by atoms with Gasteiger partial charge in [0.15, 0.2) is 0 Å². The van der Waals surface area contributed by atoms with Crippen LogP contribution in [0, 0.1) is 5.41 Å². The van der Waals surface area contributed by atoms with Gasteiger partial charge in [0.2, 0.25) is 0 Å². The second kappa shape index (κ2) is 3.92. The number of hydrogen-bond donors (Lipinski definition) is 0. The van der Waals surface area contributed by atoms with Crippen molar-refractivity contribution in [2.24, 2.45) is 5.41 Å². The standard InChI is InChI=1S/C10H18O2/c1-2-6-10(9(11)12)7-4-3-5-8-10/h2-8H2,1H3,(H,11,12)/p-1. The Labute approximate surface area is 74.0 Å². The summed E-state index contributed by atoms with van der Waals surface area (Å²) in [5, 5.41) is 11.0. The van der Waals surface area contributed by atoms with Crippen LogP contribution < -0.4 is 5.11 Å². The Hall–Kier alpha value is -0.530. The molecule has 0 unspecified atom stereocenters. The lowest BCUT2D eigenvalue weighted by Gasteiger charge is -2.38. The van der Waals surface area contributed by atoms with Crippen LogP contribution in [0.5, 0.6) is 0 Å². The lowest BCUT2D eigenvalue weighted by atomic mass is 9.71. The molecule has 1 fully saturated rings. The van der Waals surface area contributed by atoms with E-state index in [1.807, 2.05) is 6.92 Å². The minimum atomic E-state index is -0.816. The Morgan fingerprint density at radius 2 is 1.92 bits per heavy atom. The van der Waals surface area contributed by atoms with E-state index in [-0.39, 0.29) is 0 Å². The fourth-order valence-corrected chi connectivity index (χ4v) is 2.26. The topological polar surface area (TPSA) is 40.1 Å². The average Bonchev–Trinajstić information content (AvgIpc) is 2.06. The normalized spacial score (nSPS) is 22.1. The molecule has 2 heteroatoms. The van der Waals surface area contributed by atoms with Gasteiger partial charge in [0, 0.05) is 11.4 Å². The Balaban J connectivity index is 2.63. The minimum absolute atomic E-state index is 0.465. The summed E-state index contributed by atoms with van der Waals surface area (Å²) in [5.41, 5.74) is -0.465. The van der Waals surface area contributed by atoms with Crippen LogP contribution in [0.2, 0.25) is 0 Å². The fraction of sp³-hybridized carbons (Fsp3) is 0.900. The SMILES string of the molecule is CCCC1(C(=O)[O-])CCCCC1. The molecule has 1 saturated carbocycles. The van der Waals surface area contributed by atoms with E-state index in [0.29, 0.717) is 0 Å². The van der Waals surface area contributed by atoms with Crippen LogP contribution in [0.4, 0.5) is 0 Å². The zero-order chi connectivity index (χ0) is 9.03. The Kier molecular flexibility index (Phi) is 3.12. The largest absolute Gasteiger partial charge is 0.550 e. The molecule has 0 aromatic rings. The summed E-state index contributed by atoms with van der Waals surface area (Å²) >= 11 is 0. The van der Waals surface area contributed by atoms with Gasteiger partial charge in [-0.15, -0.1) is 0 Å². The minimum Gasteiger partial charge on any atom is -0.550 e. The van der Waals surface area contributed by atoms with E-state index in [1.54, 1.807) is 0 Å². The van der Waals surface area contributed by atoms with Crippen LogP contribution in [0.1, 0.15) is 51.9 Å². The van der Waals surface area contributed by atoms with E-state index in [2.05, 4.69) is 0 Å². The van der Waals surface area contributed by atoms with Gasteiger partial charge in [0.05, 0.1) is 0 Å². The zero-order valence-electron chi connectivity index (χ0n) is 7.77. The van der Waals surface area contributed by atoms with E-state index >= 15 is 0 Å². The summed E-state index contributed by atoms with van der Waals surface area (Å²) in [4.78, 5) is 11.0. The highest BCUT2D eigenvalue weighted by Gasteiger charge is 2.32. The first-order valence-electron chi connectivity index (χ1n) is 4.93. The number of carboxylic acid groups (broad SMARTS) is 1. The monoisotopic (exact) mass is 169 g/mol. The van der Waals surface area contributed by atoms with Crippen LogP contribution in [-0.2, 0) is 4.79 Å². The van der Waals surface area contributed by atoms with Crippen molar-refractivity contribution < 1.29 is 9.90 Å². The second-order valence-corrected chi connectivity index (χ2v) is 3.88. The predicted molar refractivity (Wildman–Crippen MR) is 45.4 cm³/mol. The maximum atomic E-state index is 11.0. The molecule has 0 bridgehead atoms. The Bertz CT molecular complexity index is 152. The molecular formula is C10H17O2-. The van der Waals surface area contributed by atoms with Gasteiger partial charge < -0.3 is 9.90 Å². The maximum absolute atomic E-state index is 11.0. The molecule has 1 aliphatic rings.